The molecule has 2 rings (SSSR count). The molecule has 0 aromatic carbocycles. The van der Waals surface area contributed by atoms with Gasteiger partial charge in [0.1, 0.15) is 0 Å². The molecule has 0 radical (unpaired) electrons. The fourth-order valence-corrected chi connectivity index (χ4v) is 3.40. The van der Waals surface area contributed by atoms with Crippen LogP contribution in [0.3, 0.4) is 0 Å². The van der Waals surface area contributed by atoms with E-state index >= 15 is 0 Å². The molecule has 2 N–H and O–H groups in total. The summed E-state index contributed by atoms with van der Waals surface area (Å²) in [7, 11) is 0. The number of likely N-dealkylation sites (tertiary alicyclic amines) is 1. The molecule has 16 heavy (non-hydrogen) atoms. The van der Waals surface area contributed by atoms with Gasteiger partial charge in [-0.1, -0.05) is 19.6 Å². The van der Waals surface area contributed by atoms with Crippen LogP contribution < -0.4 is 5.73 Å². The van der Waals surface area contributed by atoms with Gasteiger partial charge >= 0.3 is 0 Å². The molecule has 0 bridgehead atoms. The number of hydrogen-bond donors (Lipinski definition) is 1. The normalized spacial score (nSPS) is 35.3. The van der Waals surface area contributed by atoms with E-state index in [-0.39, 0.29) is 0 Å². The van der Waals surface area contributed by atoms with Crippen LogP contribution in [0.1, 0.15) is 26.2 Å². The summed E-state index contributed by atoms with van der Waals surface area (Å²) in [6, 6.07) is 0. The maximum absolute atomic E-state index is 5.86. The van der Waals surface area contributed by atoms with Gasteiger partial charge in [0.15, 0.2) is 0 Å². The molecule has 90 valence electrons. The molecule has 2 nitrogen and oxygen atoms in total. The summed E-state index contributed by atoms with van der Waals surface area (Å²) >= 11 is 0. The van der Waals surface area contributed by atoms with Gasteiger partial charge in [-0.3, -0.25) is 0 Å². The molecule has 0 aromatic heterocycles. The van der Waals surface area contributed by atoms with Crippen molar-refractivity contribution in [3.63, 3.8) is 0 Å². The SMILES string of the molecule is C=C/C=C(\N)CCN1CC2CC(C)CC2C1. The Kier molecular flexibility index (Phi) is 3.70. The summed E-state index contributed by atoms with van der Waals surface area (Å²) in [6.07, 6.45) is 7.56. The molecular weight excluding hydrogens is 196 g/mol. The van der Waals surface area contributed by atoms with Gasteiger partial charge in [-0.05, 0) is 43.1 Å². The van der Waals surface area contributed by atoms with Crippen LogP contribution >= 0.6 is 0 Å². The second-order valence-electron chi connectivity index (χ2n) is 5.58. The van der Waals surface area contributed by atoms with Crippen LogP contribution in [0.25, 0.3) is 0 Å². The van der Waals surface area contributed by atoms with Crippen molar-refractivity contribution >= 4 is 0 Å². The predicted octanol–water partition coefficient (Wildman–Crippen LogP) is 2.38. The lowest BCUT2D eigenvalue weighted by molar-refractivity contribution is 0.304. The van der Waals surface area contributed by atoms with Crippen LogP contribution in [0.2, 0.25) is 0 Å². The Morgan fingerprint density at radius 2 is 2.00 bits per heavy atom. The zero-order valence-electron chi connectivity index (χ0n) is 10.4. The van der Waals surface area contributed by atoms with E-state index in [9.17, 15) is 0 Å². The lowest BCUT2D eigenvalue weighted by Crippen LogP contribution is -2.24. The highest BCUT2D eigenvalue weighted by atomic mass is 15.2. The molecule has 0 spiro atoms. The minimum absolute atomic E-state index is 0.959. The van der Waals surface area contributed by atoms with Crippen LogP contribution in [0.15, 0.2) is 24.4 Å². The van der Waals surface area contributed by atoms with E-state index in [1.807, 2.05) is 6.08 Å². The molecule has 0 amide bonds. The number of hydrogen-bond acceptors (Lipinski definition) is 2. The fourth-order valence-electron chi connectivity index (χ4n) is 3.40. The largest absolute Gasteiger partial charge is 0.402 e. The first-order chi connectivity index (χ1) is 7.69. The monoisotopic (exact) mass is 220 g/mol. The fraction of sp³-hybridized carbons (Fsp3) is 0.714. The van der Waals surface area contributed by atoms with Crippen LogP contribution in [0.4, 0.5) is 0 Å². The van der Waals surface area contributed by atoms with Crippen LogP contribution in [-0.2, 0) is 0 Å². The minimum atomic E-state index is 0.959. The van der Waals surface area contributed by atoms with Gasteiger partial charge in [0, 0.05) is 25.3 Å². The van der Waals surface area contributed by atoms with Crippen molar-refractivity contribution in [2.75, 3.05) is 19.6 Å². The number of nitrogens with zero attached hydrogens (tertiary/aromatic N) is 1. The van der Waals surface area contributed by atoms with Gasteiger partial charge in [-0.25, -0.2) is 0 Å². The van der Waals surface area contributed by atoms with Crippen molar-refractivity contribution in [2.45, 2.75) is 26.2 Å². The minimum Gasteiger partial charge on any atom is -0.402 e. The van der Waals surface area contributed by atoms with E-state index in [0.29, 0.717) is 0 Å². The molecule has 1 saturated carbocycles. The molecule has 2 unspecified atom stereocenters. The quantitative estimate of drug-likeness (QED) is 0.737. The predicted molar refractivity (Wildman–Crippen MR) is 68.9 cm³/mol. The Balaban J connectivity index is 1.74. The second kappa shape index (κ2) is 5.05. The van der Waals surface area contributed by atoms with Gasteiger partial charge in [-0.2, -0.15) is 0 Å². The van der Waals surface area contributed by atoms with Crippen LogP contribution in [0.5, 0.6) is 0 Å². The molecule has 2 aliphatic rings. The highest BCUT2D eigenvalue weighted by molar-refractivity contribution is 5.07. The summed E-state index contributed by atoms with van der Waals surface area (Å²) < 4.78 is 0. The van der Waals surface area contributed by atoms with E-state index in [4.69, 9.17) is 5.73 Å². The molecule has 1 saturated heterocycles. The van der Waals surface area contributed by atoms with Gasteiger partial charge in [-0.15, -0.1) is 0 Å². The third-order valence-electron chi connectivity index (χ3n) is 4.11. The van der Waals surface area contributed by atoms with E-state index < -0.39 is 0 Å². The average molecular weight is 220 g/mol. The maximum atomic E-state index is 5.86. The third kappa shape index (κ3) is 2.67. The number of nitrogens with two attached hydrogens (primary N) is 1. The number of rotatable bonds is 4. The Hall–Kier alpha value is -0.760. The average Bonchev–Trinajstić information content (AvgIpc) is 2.71. The van der Waals surface area contributed by atoms with Crippen molar-refractivity contribution in [3.05, 3.63) is 24.4 Å². The molecule has 1 aliphatic carbocycles. The first kappa shape index (κ1) is 11.7. The lowest BCUT2D eigenvalue weighted by atomic mass is 10.0. The van der Waals surface area contributed by atoms with Crippen LogP contribution in [0, 0.1) is 17.8 Å². The summed E-state index contributed by atoms with van der Waals surface area (Å²) in [5.74, 6) is 2.90. The molecule has 2 atom stereocenters. The second-order valence-corrected chi connectivity index (χ2v) is 5.58. The molecule has 0 aromatic rings. The number of allylic oxidation sites excluding steroid dienone is 2. The Morgan fingerprint density at radius 3 is 2.56 bits per heavy atom. The van der Waals surface area contributed by atoms with Crippen molar-refractivity contribution in [1.82, 2.24) is 4.90 Å². The zero-order valence-corrected chi connectivity index (χ0v) is 10.4. The molecule has 1 heterocycles. The maximum Gasteiger partial charge on any atom is 0.00931 e. The van der Waals surface area contributed by atoms with Crippen molar-refractivity contribution in [2.24, 2.45) is 23.5 Å². The van der Waals surface area contributed by atoms with Gasteiger partial charge < -0.3 is 10.6 Å². The molecule has 2 heteroatoms. The highest BCUT2D eigenvalue weighted by Crippen LogP contribution is 2.41. The Morgan fingerprint density at radius 1 is 1.38 bits per heavy atom. The summed E-state index contributed by atoms with van der Waals surface area (Å²) in [5.41, 5.74) is 6.82. The summed E-state index contributed by atoms with van der Waals surface area (Å²) in [6.45, 7) is 9.79. The van der Waals surface area contributed by atoms with Crippen molar-refractivity contribution in [1.29, 1.82) is 0 Å². The standard InChI is InChI=1S/C14H24N2/c1-3-4-14(15)5-6-16-9-12-7-11(2)8-13(12)10-16/h3-4,11-13H,1,5-10,15H2,2H3/b14-4-. The molecular formula is C14H24N2. The third-order valence-corrected chi connectivity index (χ3v) is 4.11. The molecule has 1 aliphatic heterocycles. The van der Waals surface area contributed by atoms with E-state index in [1.165, 1.54) is 25.9 Å². The van der Waals surface area contributed by atoms with Crippen LogP contribution in [-0.4, -0.2) is 24.5 Å². The smallest absolute Gasteiger partial charge is 0.00931 e. The van der Waals surface area contributed by atoms with Crippen molar-refractivity contribution in [3.8, 4) is 0 Å². The van der Waals surface area contributed by atoms with E-state index in [2.05, 4.69) is 18.4 Å². The first-order valence-electron chi connectivity index (χ1n) is 6.48. The Labute approximate surface area is 99.2 Å². The van der Waals surface area contributed by atoms with Gasteiger partial charge in [0.25, 0.3) is 0 Å². The number of fused-ring (bicyclic) bond motifs is 1. The first-order valence-corrected chi connectivity index (χ1v) is 6.48. The highest BCUT2D eigenvalue weighted by Gasteiger charge is 2.38. The molecule has 2 fully saturated rings. The van der Waals surface area contributed by atoms with E-state index in [1.54, 1.807) is 6.08 Å². The Bertz CT molecular complexity index is 268. The topological polar surface area (TPSA) is 29.3 Å². The van der Waals surface area contributed by atoms with E-state index in [0.717, 1.165) is 36.4 Å². The van der Waals surface area contributed by atoms with Crippen molar-refractivity contribution < 1.29 is 0 Å². The zero-order chi connectivity index (χ0) is 11.5. The summed E-state index contributed by atoms with van der Waals surface area (Å²) in [5, 5.41) is 0. The van der Waals surface area contributed by atoms with Gasteiger partial charge in [0.2, 0.25) is 0 Å². The van der Waals surface area contributed by atoms with Gasteiger partial charge in [0.05, 0.1) is 0 Å². The summed E-state index contributed by atoms with van der Waals surface area (Å²) in [4.78, 5) is 2.59. The lowest BCUT2D eigenvalue weighted by Gasteiger charge is -2.17.